The fourth-order valence-electron chi connectivity index (χ4n) is 3.10. The normalized spacial score (nSPS) is 13.8. The molecule has 1 aliphatic rings. The molecule has 0 spiro atoms. The lowest BCUT2D eigenvalue weighted by Crippen LogP contribution is -2.50. The molecule has 0 saturated carbocycles. The Labute approximate surface area is 164 Å². The molecule has 2 aromatic rings. The monoisotopic (exact) mass is 384 g/mol. The molecule has 0 aliphatic carbocycles. The molecule has 1 aliphatic heterocycles. The zero-order valence-corrected chi connectivity index (χ0v) is 16.3. The first-order chi connectivity index (χ1) is 13.5. The lowest BCUT2D eigenvalue weighted by atomic mass is 10.2. The number of amides is 2. The third-order valence-corrected chi connectivity index (χ3v) is 4.68. The van der Waals surface area contributed by atoms with E-state index in [1.165, 1.54) is 0 Å². The van der Waals surface area contributed by atoms with Crippen molar-refractivity contribution in [2.45, 2.75) is 6.92 Å². The Kier molecular flexibility index (Phi) is 5.98. The Balaban J connectivity index is 1.70. The predicted molar refractivity (Wildman–Crippen MR) is 105 cm³/mol. The number of piperazine rings is 1. The van der Waals surface area contributed by atoms with E-state index in [0.29, 0.717) is 49.1 Å². The van der Waals surface area contributed by atoms with Crippen molar-refractivity contribution in [2.24, 2.45) is 0 Å². The van der Waals surface area contributed by atoms with Gasteiger partial charge in [0.1, 0.15) is 5.82 Å². The Bertz CT molecular complexity index is 863. The van der Waals surface area contributed by atoms with Crippen molar-refractivity contribution in [3.8, 4) is 11.5 Å². The number of ether oxygens (including phenoxy) is 2. The lowest BCUT2D eigenvalue weighted by Gasteiger charge is -2.34. The van der Waals surface area contributed by atoms with Crippen molar-refractivity contribution in [3.63, 3.8) is 0 Å². The van der Waals surface area contributed by atoms with Crippen LogP contribution >= 0.6 is 0 Å². The van der Waals surface area contributed by atoms with Crippen molar-refractivity contribution in [3.05, 3.63) is 42.1 Å². The summed E-state index contributed by atoms with van der Waals surface area (Å²) < 4.78 is 10.5. The zero-order chi connectivity index (χ0) is 20.1. The zero-order valence-electron chi connectivity index (χ0n) is 16.3. The van der Waals surface area contributed by atoms with Gasteiger partial charge in [0.05, 0.1) is 14.2 Å². The van der Waals surface area contributed by atoms with E-state index < -0.39 is 0 Å². The number of methoxy groups -OCH3 is 2. The van der Waals surface area contributed by atoms with E-state index in [4.69, 9.17) is 9.47 Å². The number of hydrogen-bond donors (Lipinski definition) is 1. The van der Waals surface area contributed by atoms with Gasteiger partial charge >= 0.3 is 0 Å². The van der Waals surface area contributed by atoms with Gasteiger partial charge in [0.2, 0.25) is 5.91 Å². The van der Waals surface area contributed by atoms with Gasteiger partial charge in [-0.1, -0.05) is 0 Å². The van der Waals surface area contributed by atoms with E-state index in [2.05, 4.69) is 10.3 Å². The van der Waals surface area contributed by atoms with Crippen LogP contribution in [0.5, 0.6) is 11.5 Å². The van der Waals surface area contributed by atoms with Gasteiger partial charge in [-0.25, -0.2) is 4.98 Å². The molecule has 1 fully saturated rings. The second-order valence-electron chi connectivity index (χ2n) is 6.42. The van der Waals surface area contributed by atoms with Crippen molar-refractivity contribution < 1.29 is 19.1 Å². The highest BCUT2D eigenvalue weighted by atomic mass is 16.5. The summed E-state index contributed by atoms with van der Waals surface area (Å²) >= 11 is 0. The molecule has 148 valence electrons. The van der Waals surface area contributed by atoms with Crippen LogP contribution in [0.1, 0.15) is 17.3 Å². The molecule has 2 amide bonds. The topological polar surface area (TPSA) is 84.0 Å². The maximum atomic E-state index is 12.8. The van der Waals surface area contributed by atoms with Crippen molar-refractivity contribution in [2.75, 3.05) is 45.7 Å². The minimum Gasteiger partial charge on any atom is -0.493 e. The average molecular weight is 384 g/mol. The Morgan fingerprint density at radius 2 is 1.64 bits per heavy atom. The second kappa shape index (κ2) is 8.60. The van der Waals surface area contributed by atoms with Crippen molar-refractivity contribution >= 4 is 23.3 Å². The molecule has 0 atom stereocenters. The summed E-state index contributed by atoms with van der Waals surface area (Å²) in [5.41, 5.74) is 1.32. The van der Waals surface area contributed by atoms with Gasteiger partial charge in [0, 0.05) is 56.6 Å². The molecule has 0 bridgehead atoms. The van der Waals surface area contributed by atoms with E-state index in [-0.39, 0.29) is 11.8 Å². The van der Waals surface area contributed by atoms with Crippen LogP contribution in [0.4, 0.5) is 11.5 Å². The first-order valence-electron chi connectivity index (χ1n) is 9.01. The van der Waals surface area contributed by atoms with E-state index in [0.717, 1.165) is 5.69 Å². The summed E-state index contributed by atoms with van der Waals surface area (Å²) in [7, 11) is 3.16. The van der Waals surface area contributed by atoms with Gasteiger partial charge in [-0.3, -0.25) is 9.59 Å². The number of rotatable bonds is 5. The largest absolute Gasteiger partial charge is 0.493 e. The summed E-state index contributed by atoms with van der Waals surface area (Å²) in [6.07, 6.45) is 1.60. The Hall–Kier alpha value is -3.29. The molecule has 8 nitrogen and oxygen atoms in total. The number of nitrogens with one attached hydrogen (secondary N) is 1. The van der Waals surface area contributed by atoms with Crippen molar-refractivity contribution in [1.29, 1.82) is 0 Å². The van der Waals surface area contributed by atoms with Crippen LogP contribution < -0.4 is 14.8 Å². The minimum atomic E-state index is -0.0686. The molecular weight excluding hydrogens is 360 g/mol. The van der Waals surface area contributed by atoms with E-state index in [1.807, 2.05) is 6.07 Å². The SMILES string of the molecule is COc1ccc(Nc2cc(C(=O)N3CCN(C(C)=O)CC3)ccn2)cc1OC. The third kappa shape index (κ3) is 4.33. The first-order valence-corrected chi connectivity index (χ1v) is 9.01. The first kappa shape index (κ1) is 19.5. The van der Waals surface area contributed by atoms with Gasteiger partial charge < -0.3 is 24.6 Å². The highest BCUT2D eigenvalue weighted by Crippen LogP contribution is 2.30. The van der Waals surface area contributed by atoms with Gasteiger partial charge in [0.25, 0.3) is 5.91 Å². The number of carbonyl (C=O) groups is 2. The van der Waals surface area contributed by atoms with E-state index >= 15 is 0 Å². The number of aromatic nitrogens is 1. The molecule has 0 radical (unpaired) electrons. The van der Waals surface area contributed by atoms with Gasteiger partial charge in [-0.05, 0) is 24.3 Å². The maximum absolute atomic E-state index is 12.8. The smallest absolute Gasteiger partial charge is 0.254 e. The summed E-state index contributed by atoms with van der Waals surface area (Å²) in [6, 6.07) is 8.86. The van der Waals surface area contributed by atoms with Crippen molar-refractivity contribution in [1.82, 2.24) is 14.8 Å². The van der Waals surface area contributed by atoms with Gasteiger partial charge in [0.15, 0.2) is 11.5 Å². The fourth-order valence-corrected chi connectivity index (χ4v) is 3.10. The number of nitrogens with zero attached hydrogens (tertiary/aromatic N) is 3. The summed E-state index contributed by atoms with van der Waals surface area (Å²) in [5.74, 6) is 1.76. The summed E-state index contributed by atoms with van der Waals surface area (Å²) in [5, 5.41) is 3.18. The van der Waals surface area contributed by atoms with Crippen LogP contribution in [0.25, 0.3) is 0 Å². The average Bonchev–Trinajstić information content (AvgIpc) is 2.73. The Morgan fingerprint density at radius 1 is 0.964 bits per heavy atom. The number of carbonyl (C=O) groups excluding carboxylic acids is 2. The summed E-state index contributed by atoms with van der Waals surface area (Å²) in [4.78, 5) is 32.0. The quantitative estimate of drug-likeness (QED) is 0.850. The molecule has 1 N–H and O–H groups in total. The molecule has 1 aromatic carbocycles. The number of benzene rings is 1. The number of hydrogen-bond acceptors (Lipinski definition) is 6. The van der Waals surface area contributed by atoms with Gasteiger partial charge in [-0.2, -0.15) is 0 Å². The van der Waals surface area contributed by atoms with E-state index in [9.17, 15) is 9.59 Å². The maximum Gasteiger partial charge on any atom is 0.254 e. The highest BCUT2D eigenvalue weighted by Gasteiger charge is 2.23. The van der Waals surface area contributed by atoms with Crippen LogP contribution in [0, 0.1) is 0 Å². The van der Waals surface area contributed by atoms with Crippen LogP contribution in [0.3, 0.4) is 0 Å². The fraction of sp³-hybridized carbons (Fsp3) is 0.350. The second-order valence-corrected chi connectivity index (χ2v) is 6.42. The van der Waals surface area contributed by atoms with Gasteiger partial charge in [-0.15, -0.1) is 0 Å². The highest BCUT2D eigenvalue weighted by molar-refractivity contribution is 5.95. The van der Waals surface area contributed by atoms with Crippen LogP contribution in [-0.4, -0.2) is 67.0 Å². The molecule has 28 heavy (non-hydrogen) atoms. The van der Waals surface area contributed by atoms with E-state index in [1.54, 1.807) is 61.4 Å². The van der Waals surface area contributed by atoms with Crippen LogP contribution in [0.2, 0.25) is 0 Å². The lowest BCUT2D eigenvalue weighted by molar-refractivity contribution is -0.130. The minimum absolute atomic E-state index is 0.0393. The van der Waals surface area contributed by atoms with Crippen LogP contribution in [-0.2, 0) is 4.79 Å². The Morgan fingerprint density at radius 3 is 2.29 bits per heavy atom. The molecule has 3 rings (SSSR count). The van der Waals surface area contributed by atoms with Crippen LogP contribution in [0.15, 0.2) is 36.5 Å². The molecule has 2 heterocycles. The molecule has 0 unspecified atom stereocenters. The third-order valence-electron chi connectivity index (χ3n) is 4.68. The molecule has 8 heteroatoms. The summed E-state index contributed by atoms with van der Waals surface area (Å²) in [6.45, 7) is 3.72. The molecular formula is C20H24N4O4. The number of pyridine rings is 1. The standard InChI is InChI=1S/C20H24N4O4/c1-14(25)23-8-10-24(11-9-23)20(26)15-6-7-21-19(12-15)22-16-4-5-17(27-2)18(13-16)28-3/h4-7,12-13H,8-11H2,1-3H3,(H,21,22). The molecule has 1 aromatic heterocycles. The predicted octanol–water partition coefficient (Wildman–Crippen LogP) is 2.15. The molecule has 1 saturated heterocycles. The number of anilines is 2.